The predicted octanol–water partition coefficient (Wildman–Crippen LogP) is 1.78. The summed E-state index contributed by atoms with van der Waals surface area (Å²) in [6.45, 7) is 4.43. The Balaban J connectivity index is 1.98. The molecule has 3 rings (SSSR count). The molecule has 0 spiro atoms. The highest BCUT2D eigenvalue weighted by atomic mass is 16.2. The van der Waals surface area contributed by atoms with Gasteiger partial charge in [-0.3, -0.25) is 14.5 Å². The molecule has 1 fully saturated rings. The van der Waals surface area contributed by atoms with Crippen LogP contribution in [0, 0.1) is 5.41 Å². The standard InChI is InChI=1S/C16H23N3O2/c1-16(2)8-11(17)10-6-7-19(13(10)9-16)12-4-5-14(20)18(3)15(12)21/h6-7,11-12H,4-5,8-9,17H2,1-3H3. The Morgan fingerprint density at radius 2 is 2.05 bits per heavy atom. The molecule has 5 nitrogen and oxygen atoms in total. The van der Waals surface area contributed by atoms with E-state index in [1.54, 1.807) is 7.05 Å². The number of imide groups is 1. The van der Waals surface area contributed by atoms with E-state index in [1.807, 2.05) is 12.3 Å². The molecule has 114 valence electrons. The number of fused-ring (bicyclic) bond motifs is 1. The zero-order valence-electron chi connectivity index (χ0n) is 12.9. The van der Waals surface area contributed by atoms with Crippen LogP contribution in [0.25, 0.3) is 0 Å². The summed E-state index contributed by atoms with van der Waals surface area (Å²) < 4.78 is 2.06. The van der Waals surface area contributed by atoms with E-state index in [4.69, 9.17) is 5.73 Å². The van der Waals surface area contributed by atoms with Gasteiger partial charge in [0.15, 0.2) is 0 Å². The van der Waals surface area contributed by atoms with Crippen molar-refractivity contribution in [3.05, 3.63) is 23.5 Å². The number of hydrogen-bond acceptors (Lipinski definition) is 3. The van der Waals surface area contributed by atoms with Gasteiger partial charge in [0, 0.05) is 31.4 Å². The van der Waals surface area contributed by atoms with Gasteiger partial charge in [-0.25, -0.2) is 0 Å². The number of nitrogens with zero attached hydrogens (tertiary/aromatic N) is 2. The van der Waals surface area contributed by atoms with Crippen LogP contribution in [0.2, 0.25) is 0 Å². The molecule has 0 aromatic carbocycles. The quantitative estimate of drug-likeness (QED) is 0.801. The van der Waals surface area contributed by atoms with Gasteiger partial charge < -0.3 is 10.3 Å². The fourth-order valence-electron chi connectivity index (χ4n) is 3.71. The van der Waals surface area contributed by atoms with Crippen LogP contribution in [-0.4, -0.2) is 28.3 Å². The van der Waals surface area contributed by atoms with Crippen molar-refractivity contribution in [1.29, 1.82) is 0 Å². The first kappa shape index (κ1) is 14.3. The molecule has 2 N–H and O–H groups in total. The van der Waals surface area contributed by atoms with Gasteiger partial charge in [0.1, 0.15) is 6.04 Å². The van der Waals surface area contributed by atoms with Crippen LogP contribution in [0.15, 0.2) is 12.3 Å². The van der Waals surface area contributed by atoms with Crippen molar-refractivity contribution in [1.82, 2.24) is 9.47 Å². The Labute approximate surface area is 125 Å². The van der Waals surface area contributed by atoms with Crippen LogP contribution in [0.5, 0.6) is 0 Å². The lowest BCUT2D eigenvalue weighted by Gasteiger charge is -2.36. The molecule has 2 atom stereocenters. The summed E-state index contributed by atoms with van der Waals surface area (Å²) >= 11 is 0. The third-order valence-corrected chi connectivity index (χ3v) is 4.83. The lowest BCUT2D eigenvalue weighted by Crippen LogP contribution is -2.44. The number of carbonyl (C=O) groups excluding carboxylic acids is 2. The van der Waals surface area contributed by atoms with E-state index in [1.165, 1.54) is 10.6 Å². The highest BCUT2D eigenvalue weighted by Gasteiger charge is 2.38. The van der Waals surface area contributed by atoms with E-state index in [0.29, 0.717) is 12.8 Å². The van der Waals surface area contributed by atoms with Gasteiger partial charge in [-0.05, 0) is 36.3 Å². The maximum Gasteiger partial charge on any atom is 0.251 e. The van der Waals surface area contributed by atoms with Gasteiger partial charge in [-0.2, -0.15) is 0 Å². The van der Waals surface area contributed by atoms with Crippen molar-refractivity contribution in [2.24, 2.45) is 11.1 Å². The minimum atomic E-state index is -0.266. The molecule has 1 aromatic rings. The number of piperidine rings is 1. The van der Waals surface area contributed by atoms with Gasteiger partial charge >= 0.3 is 0 Å². The van der Waals surface area contributed by atoms with E-state index in [2.05, 4.69) is 18.4 Å². The average Bonchev–Trinajstić information content (AvgIpc) is 2.79. The number of nitrogens with two attached hydrogens (primary N) is 1. The highest BCUT2D eigenvalue weighted by molar-refractivity contribution is 5.99. The van der Waals surface area contributed by atoms with Crippen molar-refractivity contribution in [3.8, 4) is 0 Å². The molecule has 0 saturated carbocycles. The second-order valence-electron chi connectivity index (χ2n) is 7.12. The molecule has 1 aromatic heterocycles. The molecule has 2 unspecified atom stereocenters. The zero-order chi connectivity index (χ0) is 15.4. The van der Waals surface area contributed by atoms with Crippen LogP contribution >= 0.6 is 0 Å². The number of rotatable bonds is 1. The number of carbonyl (C=O) groups is 2. The molecular formula is C16H23N3O2. The topological polar surface area (TPSA) is 68.3 Å². The van der Waals surface area contributed by atoms with Crippen molar-refractivity contribution >= 4 is 11.8 Å². The smallest absolute Gasteiger partial charge is 0.251 e. The van der Waals surface area contributed by atoms with E-state index in [9.17, 15) is 9.59 Å². The fraction of sp³-hybridized carbons (Fsp3) is 0.625. The third kappa shape index (κ3) is 2.29. The Morgan fingerprint density at radius 3 is 2.76 bits per heavy atom. The van der Waals surface area contributed by atoms with Crippen LogP contribution in [0.1, 0.15) is 56.5 Å². The van der Waals surface area contributed by atoms with Crippen LogP contribution in [-0.2, 0) is 16.0 Å². The van der Waals surface area contributed by atoms with Gasteiger partial charge in [0.2, 0.25) is 5.91 Å². The maximum atomic E-state index is 12.4. The fourth-order valence-corrected chi connectivity index (χ4v) is 3.71. The van der Waals surface area contributed by atoms with Crippen molar-refractivity contribution < 1.29 is 9.59 Å². The summed E-state index contributed by atoms with van der Waals surface area (Å²) in [6, 6.07) is 1.81. The minimum absolute atomic E-state index is 0.0306. The largest absolute Gasteiger partial charge is 0.339 e. The summed E-state index contributed by atoms with van der Waals surface area (Å²) in [5.74, 6) is -0.198. The first-order valence-electron chi connectivity index (χ1n) is 7.56. The van der Waals surface area contributed by atoms with Crippen LogP contribution in [0.4, 0.5) is 0 Å². The van der Waals surface area contributed by atoms with E-state index in [-0.39, 0.29) is 29.3 Å². The van der Waals surface area contributed by atoms with Gasteiger partial charge in [0.05, 0.1) is 0 Å². The number of likely N-dealkylation sites (tertiary alicyclic amines) is 1. The van der Waals surface area contributed by atoms with E-state index >= 15 is 0 Å². The highest BCUT2D eigenvalue weighted by Crippen LogP contribution is 2.41. The molecule has 2 amide bonds. The molecule has 2 heterocycles. The van der Waals surface area contributed by atoms with Gasteiger partial charge in [-0.1, -0.05) is 13.8 Å². The molecule has 0 radical (unpaired) electrons. The number of likely N-dealkylation sites (N-methyl/N-ethyl adjacent to an activating group) is 1. The maximum absolute atomic E-state index is 12.4. The van der Waals surface area contributed by atoms with Crippen molar-refractivity contribution in [2.45, 2.75) is 51.6 Å². The molecule has 1 aliphatic carbocycles. The lowest BCUT2D eigenvalue weighted by molar-refractivity contribution is -0.149. The number of hydrogen-bond donors (Lipinski definition) is 1. The second kappa shape index (κ2) is 4.70. The summed E-state index contributed by atoms with van der Waals surface area (Å²) in [7, 11) is 1.57. The lowest BCUT2D eigenvalue weighted by atomic mass is 9.74. The summed E-state index contributed by atoms with van der Waals surface area (Å²) in [5, 5.41) is 0. The third-order valence-electron chi connectivity index (χ3n) is 4.83. The Kier molecular flexibility index (Phi) is 3.20. The number of aromatic nitrogens is 1. The molecular weight excluding hydrogens is 266 g/mol. The predicted molar refractivity (Wildman–Crippen MR) is 79.5 cm³/mol. The molecule has 21 heavy (non-hydrogen) atoms. The Morgan fingerprint density at radius 1 is 1.33 bits per heavy atom. The summed E-state index contributed by atoms with van der Waals surface area (Å²) in [6.07, 6.45) is 4.86. The van der Waals surface area contributed by atoms with E-state index < -0.39 is 0 Å². The Hall–Kier alpha value is -1.62. The van der Waals surface area contributed by atoms with E-state index in [0.717, 1.165) is 18.4 Å². The Bertz CT molecular complexity index is 603. The molecule has 0 bridgehead atoms. The number of amides is 2. The summed E-state index contributed by atoms with van der Waals surface area (Å²) in [4.78, 5) is 25.3. The van der Waals surface area contributed by atoms with Crippen molar-refractivity contribution in [3.63, 3.8) is 0 Å². The van der Waals surface area contributed by atoms with Crippen LogP contribution in [0.3, 0.4) is 0 Å². The van der Waals surface area contributed by atoms with Crippen molar-refractivity contribution in [2.75, 3.05) is 7.05 Å². The average molecular weight is 289 g/mol. The molecule has 1 saturated heterocycles. The zero-order valence-corrected chi connectivity index (χ0v) is 12.9. The monoisotopic (exact) mass is 289 g/mol. The van der Waals surface area contributed by atoms with Crippen LogP contribution < -0.4 is 5.73 Å². The molecule has 2 aliphatic rings. The first-order valence-corrected chi connectivity index (χ1v) is 7.56. The normalized spacial score (nSPS) is 28.7. The first-order chi connectivity index (χ1) is 9.80. The minimum Gasteiger partial charge on any atom is -0.339 e. The SMILES string of the molecule is CN1C(=O)CCC(n2ccc3c2CC(C)(C)CC3N)C1=O. The van der Waals surface area contributed by atoms with Gasteiger partial charge in [-0.15, -0.1) is 0 Å². The second-order valence-corrected chi connectivity index (χ2v) is 7.12. The molecule has 1 aliphatic heterocycles. The summed E-state index contributed by atoms with van der Waals surface area (Å²) in [5.41, 5.74) is 8.75. The molecule has 5 heteroatoms. The van der Waals surface area contributed by atoms with Gasteiger partial charge in [0.25, 0.3) is 5.91 Å².